The van der Waals surface area contributed by atoms with Gasteiger partial charge in [-0.25, -0.2) is 9.97 Å². The zero-order valence-electron chi connectivity index (χ0n) is 10.2. The molecule has 0 radical (unpaired) electrons. The molecule has 98 valence electrons. The number of nitrogens with zero attached hydrogens (tertiary/aromatic N) is 2. The molecule has 4 nitrogen and oxygen atoms in total. The van der Waals surface area contributed by atoms with Crippen LogP contribution in [0.2, 0.25) is 10.0 Å². The molecule has 0 aliphatic carbocycles. The van der Waals surface area contributed by atoms with Crippen LogP contribution in [-0.2, 0) is 6.54 Å². The number of halogens is 2. The first kappa shape index (κ1) is 12.7. The van der Waals surface area contributed by atoms with Gasteiger partial charge in [0.1, 0.15) is 17.8 Å². The predicted molar refractivity (Wildman–Crippen MR) is 76.4 cm³/mol. The molecular weight excluding hydrogens is 283 g/mol. The molecule has 0 saturated heterocycles. The molecule has 2 aromatic rings. The number of aryl methyl sites for hydroxylation is 1. The Labute approximate surface area is 121 Å². The highest BCUT2D eigenvalue weighted by atomic mass is 35.5. The van der Waals surface area contributed by atoms with Crippen molar-refractivity contribution in [2.75, 3.05) is 5.32 Å². The average Bonchev–Trinajstić information content (AvgIpc) is 2.41. The van der Waals surface area contributed by atoms with Crippen molar-refractivity contribution in [1.82, 2.24) is 15.3 Å². The third-order valence-corrected chi connectivity index (χ3v) is 3.78. The molecule has 1 aliphatic rings. The van der Waals surface area contributed by atoms with E-state index in [2.05, 4.69) is 20.6 Å². The monoisotopic (exact) mass is 294 g/mol. The summed E-state index contributed by atoms with van der Waals surface area (Å²) in [7, 11) is 0. The highest BCUT2D eigenvalue weighted by Crippen LogP contribution is 2.29. The predicted octanol–water partition coefficient (Wildman–Crippen LogP) is 3.31. The Morgan fingerprint density at radius 3 is 2.89 bits per heavy atom. The number of aromatic nitrogens is 2. The lowest BCUT2D eigenvalue weighted by atomic mass is 10.1. The summed E-state index contributed by atoms with van der Waals surface area (Å²) in [6, 6.07) is 5.59. The van der Waals surface area contributed by atoms with E-state index in [0.29, 0.717) is 16.6 Å². The summed E-state index contributed by atoms with van der Waals surface area (Å²) in [5.74, 6) is 1.61. The molecular formula is C13H12Cl2N4. The number of benzene rings is 1. The largest absolute Gasteiger partial charge is 0.350 e. The molecule has 0 bridgehead atoms. The number of anilines is 1. The topological polar surface area (TPSA) is 49.8 Å². The van der Waals surface area contributed by atoms with Crippen molar-refractivity contribution in [1.29, 1.82) is 0 Å². The van der Waals surface area contributed by atoms with Crippen LogP contribution in [0.25, 0.3) is 0 Å². The molecule has 2 N–H and O–H groups in total. The fraction of sp³-hybridized carbons (Fsp3) is 0.231. The maximum Gasteiger partial charge on any atom is 0.135 e. The summed E-state index contributed by atoms with van der Waals surface area (Å²) >= 11 is 12.0. The summed E-state index contributed by atoms with van der Waals surface area (Å²) in [6.07, 6.45) is 1.81. The van der Waals surface area contributed by atoms with Crippen molar-refractivity contribution in [3.63, 3.8) is 0 Å². The molecule has 6 heteroatoms. The average molecular weight is 295 g/mol. The Morgan fingerprint density at radius 2 is 2.11 bits per heavy atom. The minimum atomic E-state index is -0.0310. The van der Waals surface area contributed by atoms with E-state index < -0.39 is 0 Å². The van der Waals surface area contributed by atoms with Gasteiger partial charge < -0.3 is 5.32 Å². The number of hydrogen-bond acceptors (Lipinski definition) is 4. The lowest BCUT2D eigenvalue weighted by Crippen LogP contribution is -2.33. The van der Waals surface area contributed by atoms with E-state index in [1.54, 1.807) is 6.07 Å². The van der Waals surface area contributed by atoms with Gasteiger partial charge in [0, 0.05) is 18.3 Å². The van der Waals surface area contributed by atoms with Crippen molar-refractivity contribution in [3.05, 3.63) is 51.4 Å². The lowest BCUT2D eigenvalue weighted by Gasteiger charge is -2.27. The second kappa shape index (κ2) is 4.96. The molecule has 1 aromatic heterocycles. The van der Waals surface area contributed by atoms with Crippen molar-refractivity contribution in [3.8, 4) is 0 Å². The fourth-order valence-electron chi connectivity index (χ4n) is 2.04. The van der Waals surface area contributed by atoms with Gasteiger partial charge >= 0.3 is 0 Å². The molecule has 1 aliphatic heterocycles. The van der Waals surface area contributed by atoms with Gasteiger partial charge in [-0.1, -0.05) is 29.3 Å². The van der Waals surface area contributed by atoms with Crippen molar-refractivity contribution >= 4 is 29.0 Å². The number of rotatable bonds is 1. The molecule has 0 fully saturated rings. The highest BCUT2D eigenvalue weighted by Gasteiger charge is 2.20. The van der Waals surface area contributed by atoms with E-state index in [4.69, 9.17) is 23.2 Å². The summed E-state index contributed by atoms with van der Waals surface area (Å²) in [5, 5.41) is 7.81. The quantitative estimate of drug-likeness (QED) is 0.847. The van der Waals surface area contributed by atoms with Crippen LogP contribution < -0.4 is 10.6 Å². The van der Waals surface area contributed by atoms with Gasteiger partial charge in [0.15, 0.2) is 0 Å². The van der Waals surface area contributed by atoms with Gasteiger partial charge in [-0.3, -0.25) is 5.32 Å². The van der Waals surface area contributed by atoms with E-state index in [-0.39, 0.29) is 6.17 Å². The summed E-state index contributed by atoms with van der Waals surface area (Å²) < 4.78 is 0. The maximum absolute atomic E-state index is 6.05. The smallest absolute Gasteiger partial charge is 0.135 e. The van der Waals surface area contributed by atoms with E-state index in [9.17, 15) is 0 Å². The SMILES string of the molecule is Cc1ncc2c(n1)N[C@@H](c1ccc(Cl)c(Cl)c1)NC2. The zero-order chi connectivity index (χ0) is 13.4. The van der Waals surface area contributed by atoms with Crippen LogP contribution in [0.4, 0.5) is 5.82 Å². The summed E-state index contributed by atoms with van der Waals surface area (Å²) in [6.45, 7) is 2.59. The second-order valence-electron chi connectivity index (χ2n) is 4.42. The minimum absolute atomic E-state index is 0.0310. The molecule has 19 heavy (non-hydrogen) atoms. The first-order chi connectivity index (χ1) is 9.13. The van der Waals surface area contributed by atoms with Crippen LogP contribution in [0, 0.1) is 6.92 Å². The van der Waals surface area contributed by atoms with Crippen LogP contribution in [0.1, 0.15) is 23.1 Å². The first-order valence-electron chi connectivity index (χ1n) is 5.91. The van der Waals surface area contributed by atoms with Crippen LogP contribution in [-0.4, -0.2) is 9.97 Å². The van der Waals surface area contributed by atoms with E-state index in [1.807, 2.05) is 25.3 Å². The maximum atomic E-state index is 6.05. The Hall–Kier alpha value is -1.36. The molecule has 0 unspecified atom stereocenters. The number of fused-ring (bicyclic) bond motifs is 1. The van der Waals surface area contributed by atoms with Gasteiger partial charge in [0.05, 0.1) is 10.0 Å². The van der Waals surface area contributed by atoms with Gasteiger partial charge in [-0.2, -0.15) is 0 Å². The molecule has 0 saturated carbocycles. The molecule has 0 spiro atoms. The van der Waals surface area contributed by atoms with Crippen LogP contribution in [0.5, 0.6) is 0 Å². The molecule has 1 atom stereocenters. The van der Waals surface area contributed by atoms with E-state index in [0.717, 1.165) is 22.8 Å². The molecule has 1 aromatic carbocycles. The van der Waals surface area contributed by atoms with Crippen molar-refractivity contribution in [2.24, 2.45) is 0 Å². The van der Waals surface area contributed by atoms with Gasteiger partial charge in [-0.05, 0) is 24.6 Å². The Morgan fingerprint density at radius 1 is 1.26 bits per heavy atom. The molecule has 2 heterocycles. The number of hydrogen-bond donors (Lipinski definition) is 2. The van der Waals surface area contributed by atoms with E-state index in [1.165, 1.54) is 0 Å². The van der Waals surface area contributed by atoms with Crippen molar-refractivity contribution in [2.45, 2.75) is 19.6 Å². The first-order valence-corrected chi connectivity index (χ1v) is 6.66. The lowest BCUT2D eigenvalue weighted by molar-refractivity contribution is 0.558. The Balaban J connectivity index is 1.90. The standard InChI is InChI=1S/C13H12Cl2N4/c1-7-16-5-9-6-17-12(19-13(9)18-7)8-2-3-10(14)11(15)4-8/h2-5,12,17H,6H2,1H3,(H,16,18,19)/t12-/m0/s1. The van der Waals surface area contributed by atoms with E-state index >= 15 is 0 Å². The summed E-state index contributed by atoms with van der Waals surface area (Å²) in [5.41, 5.74) is 2.08. The third kappa shape index (κ3) is 2.52. The van der Waals surface area contributed by atoms with Crippen LogP contribution in [0.3, 0.4) is 0 Å². The van der Waals surface area contributed by atoms with Gasteiger partial charge in [0.2, 0.25) is 0 Å². The van der Waals surface area contributed by atoms with Crippen LogP contribution in [0.15, 0.2) is 24.4 Å². The fourth-order valence-corrected chi connectivity index (χ4v) is 2.35. The molecule has 0 amide bonds. The second-order valence-corrected chi connectivity index (χ2v) is 5.24. The zero-order valence-corrected chi connectivity index (χ0v) is 11.8. The normalized spacial score (nSPS) is 17.7. The van der Waals surface area contributed by atoms with Crippen molar-refractivity contribution < 1.29 is 0 Å². The Bertz CT molecular complexity index is 630. The Kier molecular flexibility index (Phi) is 3.31. The van der Waals surface area contributed by atoms with Crippen LogP contribution >= 0.6 is 23.2 Å². The highest BCUT2D eigenvalue weighted by molar-refractivity contribution is 6.42. The summed E-state index contributed by atoms with van der Waals surface area (Å²) in [4.78, 5) is 8.59. The third-order valence-electron chi connectivity index (χ3n) is 3.04. The van der Waals surface area contributed by atoms with Gasteiger partial charge in [0.25, 0.3) is 0 Å². The minimum Gasteiger partial charge on any atom is -0.350 e. The number of nitrogens with one attached hydrogen (secondary N) is 2. The van der Waals surface area contributed by atoms with Gasteiger partial charge in [-0.15, -0.1) is 0 Å². The molecule has 3 rings (SSSR count).